The maximum absolute atomic E-state index is 8.82. The van der Waals surface area contributed by atoms with Gasteiger partial charge in [-0.2, -0.15) is 0 Å². The van der Waals surface area contributed by atoms with E-state index in [1.165, 1.54) is 11.1 Å². The number of aliphatic hydroxyl groups is 1. The molecule has 0 amide bonds. The van der Waals surface area contributed by atoms with E-state index in [2.05, 4.69) is 45.1 Å². The van der Waals surface area contributed by atoms with Gasteiger partial charge in [-0.1, -0.05) is 38.5 Å². The Hall–Kier alpha value is -1.06. The molecule has 1 aromatic rings. The zero-order valence-corrected chi connectivity index (χ0v) is 12.1. The van der Waals surface area contributed by atoms with Crippen LogP contribution in [0.1, 0.15) is 37.5 Å². The standard InChI is InChI=1S/C15H25NO2/c1-11-8-12(10-16-6-7-17)14(18-5)13(9-11)15(2,3)4/h8-9,16-17H,6-7,10H2,1-5H3. The first-order valence-corrected chi connectivity index (χ1v) is 6.39. The fourth-order valence-corrected chi connectivity index (χ4v) is 2.08. The summed E-state index contributed by atoms with van der Waals surface area (Å²) < 4.78 is 5.59. The van der Waals surface area contributed by atoms with Gasteiger partial charge in [0.2, 0.25) is 0 Å². The average molecular weight is 251 g/mol. The van der Waals surface area contributed by atoms with Crippen LogP contribution < -0.4 is 10.1 Å². The maximum atomic E-state index is 8.82. The second-order valence-electron chi connectivity index (χ2n) is 5.66. The molecule has 0 aliphatic heterocycles. The van der Waals surface area contributed by atoms with Gasteiger partial charge in [0.15, 0.2) is 0 Å². The molecule has 1 aromatic carbocycles. The molecule has 0 saturated heterocycles. The van der Waals surface area contributed by atoms with E-state index in [0.29, 0.717) is 13.1 Å². The van der Waals surface area contributed by atoms with Crippen molar-refractivity contribution in [1.82, 2.24) is 5.32 Å². The van der Waals surface area contributed by atoms with Crippen LogP contribution in [0.3, 0.4) is 0 Å². The van der Waals surface area contributed by atoms with Gasteiger partial charge >= 0.3 is 0 Å². The van der Waals surface area contributed by atoms with E-state index < -0.39 is 0 Å². The van der Waals surface area contributed by atoms with Crippen molar-refractivity contribution in [3.63, 3.8) is 0 Å². The lowest BCUT2D eigenvalue weighted by atomic mass is 9.84. The van der Waals surface area contributed by atoms with Crippen LogP contribution in [-0.2, 0) is 12.0 Å². The zero-order valence-electron chi connectivity index (χ0n) is 12.1. The third-order valence-electron chi connectivity index (χ3n) is 2.93. The fraction of sp³-hybridized carbons (Fsp3) is 0.600. The predicted octanol–water partition coefficient (Wildman–Crippen LogP) is 2.38. The van der Waals surface area contributed by atoms with Crippen molar-refractivity contribution < 1.29 is 9.84 Å². The molecule has 0 fully saturated rings. The van der Waals surface area contributed by atoms with Crippen LogP contribution in [0, 0.1) is 6.92 Å². The summed E-state index contributed by atoms with van der Waals surface area (Å²) in [7, 11) is 1.72. The Morgan fingerprint density at radius 2 is 1.94 bits per heavy atom. The molecular weight excluding hydrogens is 226 g/mol. The van der Waals surface area contributed by atoms with Gasteiger partial charge in [0.05, 0.1) is 13.7 Å². The summed E-state index contributed by atoms with van der Waals surface area (Å²) in [5.41, 5.74) is 3.67. The average Bonchev–Trinajstić information content (AvgIpc) is 2.27. The lowest BCUT2D eigenvalue weighted by Crippen LogP contribution is -2.20. The van der Waals surface area contributed by atoms with Gasteiger partial charge in [-0.15, -0.1) is 0 Å². The van der Waals surface area contributed by atoms with Crippen LogP contribution in [0.15, 0.2) is 12.1 Å². The van der Waals surface area contributed by atoms with Gasteiger partial charge < -0.3 is 15.2 Å². The summed E-state index contributed by atoms with van der Waals surface area (Å²) in [6.07, 6.45) is 0. The monoisotopic (exact) mass is 251 g/mol. The number of aryl methyl sites for hydroxylation is 1. The van der Waals surface area contributed by atoms with E-state index >= 15 is 0 Å². The molecule has 0 spiro atoms. The van der Waals surface area contributed by atoms with Crippen LogP contribution in [-0.4, -0.2) is 25.4 Å². The van der Waals surface area contributed by atoms with Gasteiger partial charge in [-0.05, 0) is 12.3 Å². The van der Waals surface area contributed by atoms with E-state index in [-0.39, 0.29) is 12.0 Å². The molecule has 0 saturated carbocycles. The zero-order chi connectivity index (χ0) is 13.8. The topological polar surface area (TPSA) is 41.5 Å². The molecule has 3 nitrogen and oxygen atoms in total. The van der Waals surface area contributed by atoms with Gasteiger partial charge in [-0.25, -0.2) is 0 Å². The minimum absolute atomic E-state index is 0.0586. The molecule has 0 aromatic heterocycles. The van der Waals surface area contributed by atoms with Crippen LogP contribution in [0.5, 0.6) is 5.75 Å². The number of aliphatic hydroxyl groups excluding tert-OH is 1. The van der Waals surface area contributed by atoms with Gasteiger partial charge in [0.1, 0.15) is 5.75 Å². The summed E-state index contributed by atoms with van der Waals surface area (Å²) in [5.74, 6) is 0.957. The molecule has 2 N–H and O–H groups in total. The second-order valence-corrected chi connectivity index (χ2v) is 5.66. The number of methoxy groups -OCH3 is 1. The van der Waals surface area contributed by atoms with Crippen molar-refractivity contribution >= 4 is 0 Å². The molecule has 0 bridgehead atoms. The number of benzene rings is 1. The third-order valence-corrected chi connectivity index (χ3v) is 2.93. The maximum Gasteiger partial charge on any atom is 0.127 e. The lowest BCUT2D eigenvalue weighted by molar-refractivity contribution is 0.291. The summed E-state index contributed by atoms with van der Waals surface area (Å²) in [4.78, 5) is 0. The number of hydrogen-bond acceptors (Lipinski definition) is 3. The molecule has 0 aliphatic carbocycles. The van der Waals surface area contributed by atoms with Crippen molar-refractivity contribution in [1.29, 1.82) is 0 Å². The van der Waals surface area contributed by atoms with Crippen molar-refractivity contribution in [3.05, 3.63) is 28.8 Å². The highest BCUT2D eigenvalue weighted by atomic mass is 16.5. The molecule has 3 heteroatoms. The van der Waals surface area contributed by atoms with Crippen molar-refractivity contribution in [3.8, 4) is 5.75 Å². The van der Waals surface area contributed by atoms with Crippen molar-refractivity contribution in [2.45, 2.75) is 39.7 Å². The van der Waals surface area contributed by atoms with E-state index in [0.717, 1.165) is 11.3 Å². The summed E-state index contributed by atoms with van der Waals surface area (Å²) in [5, 5.41) is 12.0. The van der Waals surface area contributed by atoms with E-state index in [9.17, 15) is 0 Å². The summed E-state index contributed by atoms with van der Waals surface area (Å²) >= 11 is 0. The van der Waals surface area contributed by atoms with Gasteiger partial charge in [-0.3, -0.25) is 0 Å². The Morgan fingerprint density at radius 1 is 1.28 bits per heavy atom. The Labute approximate surface area is 110 Å². The van der Waals surface area contributed by atoms with E-state index in [1.807, 2.05) is 0 Å². The fourth-order valence-electron chi connectivity index (χ4n) is 2.08. The summed E-state index contributed by atoms with van der Waals surface area (Å²) in [6.45, 7) is 10.1. The lowest BCUT2D eigenvalue weighted by Gasteiger charge is -2.25. The van der Waals surface area contributed by atoms with Crippen LogP contribution in [0.4, 0.5) is 0 Å². The highest BCUT2D eigenvalue weighted by Gasteiger charge is 2.21. The first-order chi connectivity index (χ1) is 8.40. The number of rotatable bonds is 5. The number of ether oxygens (including phenoxy) is 1. The third kappa shape index (κ3) is 3.72. The first-order valence-electron chi connectivity index (χ1n) is 6.39. The van der Waals surface area contributed by atoms with Gasteiger partial charge in [0.25, 0.3) is 0 Å². The van der Waals surface area contributed by atoms with Crippen LogP contribution >= 0.6 is 0 Å². The van der Waals surface area contributed by atoms with E-state index in [1.54, 1.807) is 7.11 Å². The predicted molar refractivity (Wildman–Crippen MR) is 75.2 cm³/mol. The van der Waals surface area contributed by atoms with Crippen LogP contribution in [0.25, 0.3) is 0 Å². The molecule has 0 heterocycles. The molecule has 102 valence electrons. The molecular formula is C15H25NO2. The SMILES string of the molecule is COc1c(CNCCO)cc(C)cc1C(C)(C)C. The number of nitrogens with one attached hydrogen (secondary N) is 1. The minimum Gasteiger partial charge on any atom is -0.496 e. The Morgan fingerprint density at radius 3 is 2.44 bits per heavy atom. The Bertz CT molecular complexity index is 394. The normalized spacial score (nSPS) is 11.7. The molecule has 18 heavy (non-hydrogen) atoms. The summed E-state index contributed by atoms with van der Waals surface area (Å²) in [6, 6.07) is 4.33. The van der Waals surface area contributed by atoms with Crippen molar-refractivity contribution in [2.24, 2.45) is 0 Å². The van der Waals surface area contributed by atoms with Gasteiger partial charge in [0, 0.05) is 24.2 Å². The van der Waals surface area contributed by atoms with Crippen molar-refractivity contribution in [2.75, 3.05) is 20.3 Å². The smallest absolute Gasteiger partial charge is 0.127 e. The highest BCUT2D eigenvalue weighted by molar-refractivity contribution is 5.47. The molecule has 1 rings (SSSR count). The molecule has 0 radical (unpaired) electrons. The first kappa shape index (κ1) is 15.0. The quantitative estimate of drug-likeness (QED) is 0.790. The molecule has 0 atom stereocenters. The Kier molecular flexibility index (Phi) is 5.17. The number of hydrogen-bond donors (Lipinski definition) is 2. The Balaban J connectivity index is 3.12. The van der Waals surface area contributed by atoms with Crippen LogP contribution in [0.2, 0.25) is 0 Å². The minimum atomic E-state index is 0.0586. The largest absolute Gasteiger partial charge is 0.496 e. The second kappa shape index (κ2) is 6.21. The highest BCUT2D eigenvalue weighted by Crippen LogP contribution is 2.35. The van der Waals surface area contributed by atoms with E-state index in [4.69, 9.17) is 9.84 Å². The molecule has 0 unspecified atom stereocenters. The molecule has 0 aliphatic rings.